The highest BCUT2D eigenvalue weighted by Gasteiger charge is 2.14. The Kier molecular flexibility index (Phi) is 6.66. The Morgan fingerprint density at radius 3 is 2.44 bits per heavy atom. The van der Waals surface area contributed by atoms with Crippen molar-refractivity contribution in [3.05, 3.63) is 35.4 Å². The van der Waals surface area contributed by atoms with Gasteiger partial charge in [0.25, 0.3) is 0 Å². The fraction of sp³-hybridized carbons (Fsp3) is 0.562. The van der Waals surface area contributed by atoms with Crippen LogP contribution >= 0.6 is 0 Å². The standard InChI is InChI=1S/C16H24O2/c1-4-5-6-7-12-18-14(3)16(17)15-10-8-13(2)9-11-15/h8-11,14H,4-7,12H2,1-3H3. The molecule has 1 rings (SSSR count). The third-order valence-corrected chi connectivity index (χ3v) is 3.07. The summed E-state index contributed by atoms with van der Waals surface area (Å²) in [5, 5.41) is 0. The molecule has 0 amide bonds. The van der Waals surface area contributed by atoms with Gasteiger partial charge in [0.2, 0.25) is 0 Å². The lowest BCUT2D eigenvalue weighted by Crippen LogP contribution is -2.21. The summed E-state index contributed by atoms with van der Waals surface area (Å²) in [6.45, 7) is 6.72. The van der Waals surface area contributed by atoms with Crippen LogP contribution < -0.4 is 0 Å². The van der Waals surface area contributed by atoms with Crippen molar-refractivity contribution in [1.82, 2.24) is 0 Å². The molecule has 100 valence electrons. The van der Waals surface area contributed by atoms with Crippen LogP contribution in [0.25, 0.3) is 0 Å². The monoisotopic (exact) mass is 248 g/mol. The van der Waals surface area contributed by atoms with Crippen molar-refractivity contribution in [2.45, 2.75) is 52.6 Å². The van der Waals surface area contributed by atoms with Gasteiger partial charge >= 0.3 is 0 Å². The Hall–Kier alpha value is -1.15. The van der Waals surface area contributed by atoms with E-state index in [2.05, 4.69) is 6.92 Å². The van der Waals surface area contributed by atoms with E-state index < -0.39 is 0 Å². The zero-order chi connectivity index (χ0) is 13.4. The number of aryl methyl sites for hydroxylation is 1. The second-order valence-corrected chi connectivity index (χ2v) is 4.80. The van der Waals surface area contributed by atoms with Gasteiger partial charge in [0.15, 0.2) is 5.78 Å². The maximum absolute atomic E-state index is 12.1. The number of Topliss-reactive ketones (excluding diaryl/α,β-unsaturated/α-hetero) is 1. The van der Waals surface area contributed by atoms with Crippen molar-refractivity contribution in [3.63, 3.8) is 0 Å². The van der Waals surface area contributed by atoms with Crippen LogP contribution in [0.5, 0.6) is 0 Å². The van der Waals surface area contributed by atoms with Crippen LogP contribution in [0.1, 0.15) is 55.5 Å². The molecule has 0 heterocycles. The average molecular weight is 248 g/mol. The van der Waals surface area contributed by atoms with Gasteiger partial charge in [-0.2, -0.15) is 0 Å². The van der Waals surface area contributed by atoms with Crippen LogP contribution in [0.15, 0.2) is 24.3 Å². The molecule has 0 saturated heterocycles. The third-order valence-electron chi connectivity index (χ3n) is 3.07. The summed E-state index contributed by atoms with van der Waals surface area (Å²) in [5.74, 6) is 0.0745. The molecule has 18 heavy (non-hydrogen) atoms. The highest BCUT2D eigenvalue weighted by molar-refractivity contribution is 5.99. The number of carbonyl (C=O) groups excluding carboxylic acids is 1. The topological polar surface area (TPSA) is 26.3 Å². The van der Waals surface area contributed by atoms with Crippen molar-refractivity contribution in [2.75, 3.05) is 6.61 Å². The van der Waals surface area contributed by atoms with Crippen LogP contribution in [0.2, 0.25) is 0 Å². The molecule has 0 N–H and O–H groups in total. The number of ketones is 1. The van der Waals surface area contributed by atoms with E-state index in [1.807, 2.05) is 38.1 Å². The molecule has 1 aromatic rings. The molecule has 0 aliphatic rings. The molecular weight excluding hydrogens is 224 g/mol. The zero-order valence-electron chi connectivity index (χ0n) is 11.7. The molecule has 0 saturated carbocycles. The normalized spacial score (nSPS) is 12.4. The van der Waals surface area contributed by atoms with E-state index >= 15 is 0 Å². The molecular formula is C16H24O2. The van der Waals surface area contributed by atoms with Gasteiger partial charge in [-0.05, 0) is 20.3 Å². The van der Waals surface area contributed by atoms with E-state index in [1.54, 1.807) is 0 Å². The van der Waals surface area contributed by atoms with Gasteiger partial charge < -0.3 is 4.74 Å². The van der Waals surface area contributed by atoms with Crippen molar-refractivity contribution >= 4 is 5.78 Å². The molecule has 0 aliphatic heterocycles. The van der Waals surface area contributed by atoms with Gasteiger partial charge in [-0.1, -0.05) is 56.0 Å². The fourth-order valence-electron chi connectivity index (χ4n) is 1.82. The summed E-state index contributed by atoms with van der Waals surface area (Å²) in [5.41, 5.74) is 1.90. The van der Waals surface area contributed by atoms with Crippen LogP contribution in [0.3, 0.4) is 0 Å². The molecule has 1 aromatic carbocycles. The minimum atomic E-state index is -0.339. The van der Waals surface area contributed by atoms with E-state index in [-0.39, 0.29) is 11.9 Å². The highest BCUT2D eigenvalue weighted by Crippen LogP contribution is 2.09. The quantitative estimate of drug-likeness (QED) is 0.510. The maximum atomic E-state index is 12.1. The lowest BCUT2D eigenvalue weighted by atomic mass is 10.1. The van der Waals surface area contributed by atoms with Crippen molar-refractivity contribution in [2.24, 2.45) is 0 Å². The van der Waals surface area contributed by atoms with Crippen LogP contribution in [-0.2, 0) is 4.74 Å². The van der Waals surface area contributed by atoms with E-state index in [1.165, 1.54) is 24.8 Å². The molecule has 0 spiro atoms. The molecule has 2 heteroatoms. The molecule has 0 aromatic heterocycles. The number of rotatable bonds is 8. The number of benzene rings is 1. The van der Waals surface area contributed by atoms with E-state index in [0.717, 1.165) is 12.0 Å². The number of hydrogen-bond acceptors (Lipinski definition) is 2. The van der Waals surface area contributed by atoms with E-state index in [0.29, 0.717) is 6.61 Å². The maximum Gasteiger partial charge on any atom is 0.191 e. The Balaban J connectivity index is 2.34. The SMILES string of the molecule is CCCCCCOC(C)C(=O)c1ccc(C)cc1. The summed E-state index contributed by atoms with van der Waals surface area (Å²) in [7, 11) is 0. The molecule has 0 radical (unpaired) electrons. The molecule has 0 aliphatic carbocycles. The van der Waals surface area contributed by atoms with Crippen molar-refractivity contribution in [1.29, 1.82) is 0 Å². The minimum Gasteiger partial charge on any atom is -0.370 e. The highest BCUT2D eigenvalue weighted by atomic mass is 16.5. The van der Waals surface area contributed by atoms with Crippen molar-refractivity contribution < 1.29 is 9.53 Å². The number of carbonyl (C=O) groups is 1. The fourth-order valence-corrected chi connectivity index (χ4v) is 1.82. The van der Waals surface area contributed by atoms with Gasteiger partial charge in [0, 0.05) is 12.2 Å². The van der Waals surface area contributed by atoms with Gasteiger partial charge in [0.05, 0.1) is 0 Å². The van der Waals surface area contributed by atoms with Gasteiger partial charge in [0.1, 0.15) is 6.10 Å². The predicted octanol–water partition coefficient (Wildman–Crippen LogP) is 4.16. The molecule has 2 nitrogen and oxygen atoms in total. The van der Waals surface area contributed by atoms with E-state index in [9.17, 15) is 4.79 Å². The number of hydrogen-bond donors (Lipinski definition) is 0. The van der Waals surface area contributed by atoms with Gasteiger partial charge in [-0.15, -0.1) is 0 Å². The second-order valence-electron chi connectivity index (χ2n) is 4.80. The molecule has 0 bridgehead atoms. The summed E-state index contributed by atoms with van der Waals surface area (Å²) in [6, 6.07) is 7.66. The first-order valence-electron chi connectivity index (χ1n) is 6.87. The first-order valence-corrected chi connectivity index (χ1v) is 6.87. The van der Waals surface area contributed by atoms with Crippen LogP contribution in [0, 0.1) is 6.92 Å². The lowest BCUT2D eigenvalue weighted by molar-refractivity contribution is 0.0464. The predicted molar refractivity (Wildman–Crippen MR) is 75.1 cm³/mol. The average Bonchev–Trinajstić information content (AvgIpc) is 2.38. The number of ether oxygens (including phenoxy) is 1. The number of unbranched alkanes of at least 4 members (excludes halogenated alkanes) is 3. The van der Waals surface area contributed by atoms with Gasteiger partial charge in [-0.3, -0.25) is 4.79 Å². The summed E-state index contributed by atoms with van der Waals surface area (Å²) in [4.78, 5) is 12.1. The second kappa shape index (κ2) is 8.04. The third kappa shape index (κ3) is 5.01. The first kappa shape index (κ1) is 14.9. The van der Waals surface area contributed by atoms with E-state index in [4.69, 9.17) is 4.74 Å². The summed E-state index contributed by atoms with van der Waals surface area (Å²) in [6.07, 6.45) is 4.34. The first-order chi connectivity index (χ1) is 8.65. The smallest absolute Gasteiger partial charge is 0.191 e. The Morgan fingerprint density at radius 1 is 1.17 bits per heavy atom. The summed E-state index contributed by atoms with van der Waals surface area (Å²) < 4.78 is 5.59. The Bertz CT molecular complexity index is 354. The zero-order valence-corrected chi connectivity index (χ0v) is 11.7. The van der Waals surface area contributed by atoms with Crippen molar-refractivity contribution in [3.8, 4) is 0 Å². The van der Waals surface area contributed by atoms with Crippen LogP contribution in [0.4, 0.5) is 0 Å². The largest absolute Gasteiger partial charge is 0.370 e. The van der Waals surface area contributed by atoms with Crippen LogP contribution in [-0.4, -0.2) is 18.5 Å². The Morgan fingerprint density at radius 2 is 1.83 bits per heavy atom. The molecule has 1 atom stereocenters. The Labute approximate surface area is 110 Å². The lowest BCUT2D eigenvalue weighted by Gasteiger charge is -2.12. The molecule has 1 unspecified atom stereocenters. The van der Waals surface area contributed by atoms with Gasteiger partial charge in [-0.25, -0.2) is 0 Å². The minimum absolute atomic E-state index is 0.0745. The molecule has 0 fully saturated rings. The summed E-state index contributed by atoms with van der Waals surface area (Å²) >= 11 is 0.